The number of nitrogens with zero attached hydrogens (tertiary/aromatic N) is 3. The number of ether oxygens (including phenoxy) is 2. The molecule has 0 saturated carbocycles. The second kappa shape index (κ2) is 9.15. The van der Waals surface area contributed by atoms with Gasteiger partial charge in [-0.15, -0.1) is 10.2 Å². The second-order valence-electron chi connectivity index (χ2n) is 5.54. The summed E-state index contributed by atoms with van der Waals surface area (Å²) in [6.45, 7) is 0. The molecule has 0 amide bonds. The Morgan fingerprint density at radius 2 is 1.33 bits per heavy atom. The minimum atomic E-state index is 0.456. The van der Waals surface area contributed by atoms with E-state index < -0.39 is 0 Å². The third kappa shape index (κ3) is 5.15. The summed E-state index contributed by atoms with van der Waals surface area (Å²) in [6.07, 6.45) is 0. The molecule has 0 aliphatic rings. The first-order valence-corrected chi connectivity index (χ1v) is 8.37. The highest BCUT2D eigenvalue weighted by atomic mass is 16.5. The van der Waals surface area contributed by atoms with Gasteiger partial charge in [-0.25, -0.2) is 0 Å². The number of methoxy groups -OCH3 is 2. The molecule has 6 nitrogen and oxygen atoms in total. The van der Waals surface area contributed by atoms with Gasteiger partial charge >= 0.3 is 0 Å². The van der Waals surface area contributed by atoms with Crippen molar-refractivity contribution >= 4 is 17.2 Å². The molecule has 1 N–H and O–H groups in total. The average Bonchev–Trinajstić information content (AvgIpc) is 2.75. The van der Waals surface area contributed by atoms with E-state index in [1.807, 2.05) is 78.9 Å². The normalized spacial score (nSPS) is 11.4. The van der Waals surface area contributed by atoms with E-state index in [0.29, 0.717) is 11.5 Å². The van der Waals surface area contributed by atoms with Crippen molar-refractivity contribution in [3.63, 3.8) is 0 Å². The van der Waals surface area contributed by atoms with Gasteiger partial charge in [0.15, 0.2) is 0 Å². The van der Waals surface area contributed by atoms with Crippen molar-refractivity contribution in [2.45, 2.75) is 0 Å². The molecule has 0 unspecified atom stereocenters. The van der Waals surface area contributed by atoms with Crippen LogP contribution in [0.15, 0.2) is 94.2 Å². The number of hydrogen-bond donors (Lipinski definition) is 1. The highest BCUT2D eigenvalue weighted by Crippen LogP contribution is 2.19. The fourth-order valence-corrected chi connectivity index (χ4v) is 2.27. The zero-order chi connectivity index (χ0) is 18.9. The lowest BCUT2D eigenvalue weighted by Crippen LogP contribution is -2.01. The summed E-state index contributed by atoms with van der Waals surface area (Å²) in [5.41, 5.74) is 5.39. The Bertz CT molecular complexity index is 905. The number of azo groups is 1. The van der Waals surface area contributed by atoms with Crippen molar-refractivity contribution in [2.24, 2.45) is 15.3 Å². The molecule has 0 aromatic heterocycles. The van der Waals surface area contributed by atoms with E-state index >= 15 is 0 Å². The van der Waals surface area contributed by atoms with Crippen LogP contribution in [-0.2, 0) is 0 Å². The molecule has 0 bridgehead atoms. The monoisotopic (exact) mass is 360 g/mol. The van der Waals surface area contributed by atoms with E-state index in [1.54, 1.807) is 14.2 Å². The van der Waals surface area contributed by atoms with Crippen molar-refractivity contribution in [1.82, 2.24) is 0 Å². The average molecular weight is 360 g/mol. The predicted molar refractivity (Wildman–Crippen MR) is 107 cm³/mol. The smallest absolute Gasteiger partial charge is 0.201 e. The van der Waals surface area contributed by atoms with Crippen LogP contribution in [0.3, 0.4) is 0 Å². The maximum Gasteiger partial charge on any atom is 0.201 e. The largest absolute Gasteiger partial charge is 0.497 e. The van der Waals surface area contributed by atoms with Crippen molar-refractivity contribution in [3.8, 4) is 11.5 Å². The summed E-state index contributed by atoms with van der Waals surface area (Å²) in [6, 6.07) is 24.5. The van der Waals surface area contributed by atoms with Gasteiger partial charge in [0.05, 0.1) is 25.6 Å². The van der Waals surface area contributed by atoms with Gasteiger partial charge in [0.1, 0.15) is 11.5 Å². The quantitative estimate of drug-likeness (QED) is 0.282. The molecule has 27 heavy (non-hydrogen) atoms. The van der Waals surface area contributed by atoms with Gasteiger partial charge in [0.25, 0.3) is 0 Å². The van der Waals surface area contributed by atoms with Crippen LogP contribution < -0.4 is 14.9 Å². The summed E-state index contributed by atoms with van der Waals surface area (Å²) in [4.78, 5) is 0. The molecule has 0 fully saturated rings. The number of anilines is 1. The van der Waals surface area contributed by atoms with Crippen LogP contribution in [0, 0.1) is 0 Å². The highest BCUT2D eigenvalue weighted by Gasteiger charge is 2.04. The molecule has 0 atom stereocenters. The van der Waals surface area contributed by atoms with Gasteiger partial charge in [-0.05, 0) is 60.7 Å². The highest BCUT2D eigenvalue weighted by molar-refractivity contribution is 5.99. The van der Waals surface area contributed by atoms with Gasteiger partial charge in [-0.1, -0.05) is 18.2 Å². The fraction of sp³-hybridized carbons (Fsp3) is 0.0952. The zero-order valence-electron chi connectivity index (χ0n) is 15.2. The van der Waals surface area contributed by atoms with E-state index in [2.05, 4.69) is 20.8 Å². The van der Waals surface area contributed by atoms with Crippen molar-refractivity contribution in [1.29, 1.82) is 0 Å². The van der Waals surface area contributed by atoms with Crippen LogP contribution in [0.2, 0.25) is 0 Å². The Labute approximate surface area is 158 Å². The van der Waals surface area contributed by atoms with Crippen LogP contribution in [0.25, 0.3) is 0 Å². The number of amidine groups is 1. The Morgan fingerprint density at radius 1 is 0.741 bits per heavy atom. The topological polar surface area (TPSA) is 67.6 Å². The van der Waals surface area contributed by atoms with Crippen LogP contribution >= 0.6 is 0 Å². The Hall–Kier alpha value is -3.67. The third-order valence-corrected chi connectivity index (χ3v) is 3.75. The van der Waals surface area contributed by atoms with E-state index in [0.717, 1.165) is 22.7 Å². The fourth-order valence-electron chi connectivity index (χ4n) is 2.27. The molecule has 0 aliphatic carbocycles. The Balaban J connectivity index is 1.86. The minimum Gasteiger partial charge on any atom is -0.497 e. The third-order valence-electron chi connectivity index (χ3n) is 3.75. The first kappa shape index (κ1) is 18.1. The number of hydrogen-bond acceptors (Lipinski definition) is 5. The molecule has 0 spiro atoms. The summed E-state index contributed by atoms with van der Waals surface area (Å²) < 4.78 is 10.4. The summed E-state index contributed by atoms with van der Waals surface area (Å²) in [5.74, 6) is 1.99. The Kier molecular flexibility index (Phi) is 6.14. The number of benzene rings is 3. The van der Waals surface area contributed by atoms with E-state index in [-0.39, 0.29) is 0 Å². The van der Waals surface area contributed by atoms with E-state index in [9.17, 15) is 0 Å². The first-order valence-electron chi connectivity index (χ1n) is 8.37. The van der Waals surface area contributed by atoms with Crippen LogP contribution in [-0.4, -0.2) is 20.1 Å². The molecule has 6 heteroatoms. The van der Waals surface area contributed by atoms with Crippen LogP contribution in [0.4, 0.5) is 11.4 Å². The maximum atomic E-state index is 5.21. The van der Waals surface area contributed by atoms with Crippen molar-refractivity contribution < 1.29 is 9.47 Å². The molecule has 3 aromatic carbocycles. The lowest BCUT2D eigenvalue weighted by molar-refractivity contribution is 0.414. The minimum absolute atomic E-state index is 0.456. The molecule has 0 radical (unpaired) electrons. The lowest BCUT2D eigenvalue weighted by atomic mass is 10.2. The van der Waals surface area contributed by atoms with Gasteiger partial charge in [0, 0.05) is 5.56 Å². The number of rotatable bonds is 6. The molecular weight excluding hydrogens is 340 g/mol. The Morgan fingerprint density at radius 3 is 1.93 bits per heavy atom. The predicted octanol–water partition coefficient (Wildman–Crippen LogP) is 5.26. The van der Waals surface area contributed by atoms with E-state index in [1.165, 1.54) is 0 Å². The second-order valence-corrected chi connectivity index (χ2v) is 5.54. The number of hydrazone groups is 1. The van der Waals surface area contributed by atoms with E-state index in [4.69, 9.17) is 9.47 Å². The van der Waals surface area contributed by atoms with Crippen molar-refractivity contribution in [3.05, 3.63) is 84.4 Å². The number of nitrogens with one attached hydrogen (secondary N) is 1. The summed E-state index contributed by atoms with van der Waals surface area (Å²) in [5, 5.41) is 13.0. The standard InChI is InChI=1S/C21H20N4O2/c1-26-19-12-8-16(9-13-19)21(24-22-17-6-4-3-5-7-17)25-23-18-10-14-20(27-2)15-11-18/h3-15,22H,1-2H3. The molecule has 136 valence electrons. The molecule has 0 heterocycles. The van der Waals surface area contributed by atoms with Crippen molar-refractivity contribution in [2.75, 3.05) is 19.6 Å². The zero-order valence-corrected chi connectivity index (χ0v) is 15.2. The number of para-hydroxylation sites is 1. The SMILES string of the molecule is COc1ccc(N=NC(=NNc2ccccc2)c2ccc(OC)cc2)cc1. The van der Waals surface area contributed by atoms with Gasteiger partial charge in [0.2, 0.25) is 5.84 Å². The summed E-state index contributed by atoms with van der Waals surface area (Å²) in [7, 11) is 3.25. The molecular formula is C21H20N4O2. The molecule has 3 rings (SSSR count). The maximum absolute atomic E-state index is 5.21. The molecule has 3 aromatic rings. The first-order chi connectivity index (χ1) is 13.3. The van der Waals surface area contributed by atoms with Gasteiger partial charge < -0.3 is 9.47 Å². The van der Waals surface area contributed by atoms with Crippen LogP contribution in [0.1, 0.15) is 5.56 Å². The van der Waals surface area contributed by atoms with Gasteiger partial charge in [-0.2, -0.15) is 5.10 Å². The molecule has 0 saturated heterocycles. The molecule has 0 aliphatic heterocycles. The van der Waals surface area contributed by atoms with Crippen LogP contribution in [0.5, 0.6) is 11.5 Å². The summed E-state index contributed by atoms with van der Waals surface area (Å²) >= 11 is 0. The lowest BCUT2D eigenvalue weighted by Gasteiger charge is -2.05. The van der Waals surface area contributed by atoms with Gasteiger partial charge in [-0.3, -0.25) is 5.43 Å².